The number of hydrogen-bond donors (Lipinski definition) is 4. The molecular formula is C30H32N4O3S. The quantitative estimate of drug-likeness (QED) is 0.200. The molecule has 0 saturated heterocycles. The Morgan fingerprint density at radius 3 is 2.45 bits per heavy atom. The lowest BCUT2D eigenvalue weighted by molar-refractivity contribution is -0.118. The van der Waals surface area contributed by atoms with Gasteiger partial charge in [-0.15, -0.1) is 11.3 Å². The first-order chi connectivity index (χ1) is 18.5. The number of benzene rings is 3. The molecule has 38 heavy (non-hydrogen) atoms. The van der Waals surface area contributed by atoms with Crippen LogP contribution in [0.2, 0.25) is 0 Å². The topological polar surface area (TPSA) is 105 Å². The van der Waals surface area contributed by atoms with Gasteiger partial charge in [0.25, 0.3) is 5.91 Å². The molecule has 4 aromatic rings. The summed E-state index contributed by atoms with van der Waals surface area (Å²) in [7, 11) is 1.62. The number of thiophene rings is 1. The lowest BCUT2D eigenvalue weighted by atomic mass is 9.93. The van der Waals surface area contributed by atoms with Crippen molar-refractivity contribution < 1.29 is 14.3 Å². The summed E-state index contributed by atoms with van der Waals surface area (Å²) in [6, 6.07) is 22.1. The molecule has 1 atom stereocenters. The first kappa shape index (κ1) is 25.8. The summed E-state index contributed by atoms with van der Waals surface area (Å²) in [5.74, 6) is 0.409. The SMILES string of the molecule is COc1ccc(NC(=O)C(NC2CCCCC2)c2ccc3cc(C(=O)Nc4ccccc4N)sc3c2)cc1. The summed E-state index contributed by atoms with van der Waals surface area (Å²) >= 11 is 1.40. The Labute approximate surface area is 226 Å². The first-order valence-corrected chi connectivity index (χ1v) is 13.7. The third-order valence-electron chi connectivity index (χ3n) is 6.94. The van der Waals surface area contributed by atoms with Crippen molar-refractivity contribution in [3.05, 3.63) is 83.2 Å². The van der Waals surface area contributed by atoms with Crippen molar-refractivity contribution in [1.29, 1.82) is 0 Å². The van der Waals surface area contributed by atoms with Crippen molar-refractivity contribution in [2.75, 3.05) is 23.5 Å². The molecule has 1 aliphatic carbocycles. The van der Waals surface area contributed by atoms with Gasteiger partial charge in [0.15, 0.2) is 0 Å². The largest absolute Gasteiger partial charge is 0.497 e. The fourth-order valence-electron chi connectivity index (χ4n) is 4.85. The van der Waals surface area contributed by atoms with Crippen molar-refractivity contribution in [3.8, 4) is 5.75 Å². The van der Waals surface area contributed by atoms with Crippen LogP contribution in [0.25, 0.3) is 10.1 Å². The number of nitrogen functional groups attached to an aromatic ring is 1. The van der Waals surface area contributed by atoms with Gasteiger partial charge in [-0.25, -0.2) is 0 Å². The Hall–Kier alpha value is -3.88. The number of para-hydroxylation sites is 2. The average molecular weight is 529 g/mol. The summed E-state index contributed by atoms with van der Waals surface area (Å²) < 4.78 is 6.18. The molecule has 1 heterocycles. The number of carbonyl (C=O) groups excluding carboxylic acids is 2. The minimum atomic E-state index is -0.520. The maximum absolute atomic E-state index is 13.5. The van der Waals surface area contributed by atoms with E-state index >= 15 is 0 Å². The van der Waals surface area contributed by atoms with Crippen LogP contribution in [-0.4, -0.2) is 25.0 Å². The van der Waals surface area contributed by atoms with E-state index in [1.807, 2.05) is 60.7 Å². The zero-order valence-corrected chi connectivity index (χ0v) is 22.1. The maximum atomic E-state index is 13.5. The summed E-state index contributed by atoms with van der Waals surface area (Å²) in [5, 5.41) is 10.5. The van der Waals surface area contributed by atoms with Gasteiger partial charge in [-0.2, -0.15) is 0 Å². The molecule has 1 fully saturated rings. The molecule has 0 spiro atoms. The molecule has 196 valence electrons. The van der Waals surface area contributed by atoms with Crippen LogP contribution >= 0.6 is 11.3 Å². The van der Waals surface area contributed by atoms with Crippen LogP contribution in [0.1, 0.15) is 53.4 Å². The highest BCUT2D eigenvalue weighted by Crippen LogP contribution is 2.31. The van der Waals surface area contributed by atoms with Crippen LogP contribution in [-0.2, 0) is 4.79 Å². The normalized spacial score (nSPS) is 14.7. The number of nitrogens with one attached hydrogen (secondary N) is 3. The molecule has 1 aliphatic rings. The number of methoxy groups -OCH3 is 1. The molecule has 0 bridgehead atoms. The van der Waals surface area contributed by atoms with E-state index in [9.17, 15) is 9.59 Å². The molecule has 0 aliphatic heterocycles. The number of rotatable bonds is 8. The molecule has 1 aromatic heterocycles. The molecule has 2 amide bonds. The van der Waals surface area contributed by atoms with Crippen LogP contribution in [0.3, 0.4) is 0 Å². The van der Waals surface area contributed by atoms with Crippen molar-refractivity contribution in [2.24, 2.45) is 0 Å². The molecule has 8 heteroatoms. The van der Waals surface area contributed by atoms with Crippen molar-refractivity contribution in [1.82, 2.24) is 5.32 Å². The van der Waals surface area contributed by atoms with Crippen molar-refractivity contribution in [3.63, 3.8) is 0 Å². The van der Waals surface area contributed by atoms with E-state index in [2.05, 4.69) is 16.0 Å². The van der Waals surface area contributed by atoms with E-state index in [1.165, 1.54) is 30.6 Å². The van der Waals surface area contributed by atoms with Crippen LogP contribution < -0.4 is 26.4 Å². The van der Waals surface area contributed by atoms with Gasteiger partial charge in [0.05, 0.1) is 23.4 Å². The summed E-state index contributed by atoms with van der Waals surface area (Å²) in [4.78, 5) is 27.1. The van der Waals surface area contributed by atoms with Gasteiger partial charge in [-0.3, -0.25) is 14.9 Å². The van der Waals surface area contributed by atoms with Gasteiger partial charge in [0.1, 0.15) is 11.8 Å². The van der Waals surface area contributed by atoms with Crippen molar-refractivity contribution in [2.45, 2.75) is 44.2 Å². The highest BCUT2D eigenvalue weighted by Gasteiger charge is 2.26. The molecular weight excluding hydrogens is 496 g/mol. The minimum absolute atomic E-state index is 0.117. The van der Waals surface area contributed by atoms with E-state index < -0.39 is 6.04 Å². The lowest BCUT2D eigenvalue weighted by Gasteiger charge is -2.28. The van der Waals surface area contributed by atoms with Crippen molar-refractivity contribution >= 4 is 50.3 Å². The van der Waals surface area contributed by atoms with Gasteiger partial charge in [0.2, 0.25) is 5.91 Å². The third kappa shape index (κ3) is 5.98. The molecule has 3 aromatic carbocycles. The Balaban J connectivity index is 1.39. The van der Waals surface area contributed by atoms with Gasteiger partial charge in [-0.1, -0.05) is 43.5 Å². The summed E-state index contributed by atoms with van der Waals surface area (Å²) in [6.45, 7) is 0. The molecule has 5 rings (SSSR count). The standard InChI is InChI=1S/C30H32N4O3S/c1-37-23-15-13-22(14-16-23)33-30(36)28(32-21-7-3-2-4-8-21)20-12-11-19-17-27(38-26(19)18-20)29(35)34-25-10-6-5-9-24(25)31/h5-6,9-18,21,28,32H,2-4,7-8,31H2,1H3,(H,33,36)(H,34,35). The number of amides is 2. The highest BCUT2D eigenvalue weighted by atomic mass is 32.1. The molecule has 1 unspecified atom stereocenters. The minimum Gasteiger partial charge on any atom is -0.497 e. The molecule has 1 saturated carbocycles. The smallest absolute Gasteiger partial charge is 0.265 e. The van der Waals surface area contributed by atoms with Gasteiger partial charge in [0, 0.05) is 16.4 Å². The number of hydrogen-bond acceptors (Lipinski definition) is 6. The Morgan fingerprint density at radius 2 is 1.71 bits per heavy atom. The third-order valence-corrected chi connectivity index (χ3v) is 8.03. The second kappa shape index (κ2) is 11.7. The van der Waals surface area contributed by atoms with E-state index in [1.54, 1.807) is 19.2 Å². The van der Waals surface area contributed by atoms with E-state index in [0.717, 1.165) is 34.2 Å². The number of anilines is 3. The number of fused-ring (bicyclic) bond motifs is 1. The average Bonchev–Trinajstić information content (AvgIpc) is 3.38. The number of carbonyl (C=O) groups is 2. The highest BCUT2D eigenvalue weighted by molar-refractivity contribution is 7.20. The second-order valence-corrected chi connectivity index (χ2v) is 10.7. The van der Waals surface area contributed by atoms with Gasteiger partial charge < -0.3 is 21.1 Å². The molecule has 7 nitrogen and oxygen atoms in total. The molecule has 0 radical (unpaired) electrons. The number of ether oxygens (including phenoxy) is 1. The fraction of sp³-hybridized carbons (Fsp3) is 0.267. The zero-order chi connectivity index (χ0) is 26.5. The predicted octanol–water partition coefficient (Wildman–Crippen LogP) is 6.35. The van der Waals surface area contributed by atoms with E-state index in [0.29, 0.717) is 21.9 Å². The zero-order valence-electron chi connectivity index (χ0n) is 21.3. The Kier molecular flexibility index (Phi) is 7.91. The van der Waals surface area contributed by atoms with Crippen LogP contribution in [0.5, 0.6) is 5.75 Å². The monoisotopic (exact) mass is 528 g/mol. The first-order valence-electron chi connectivity index (χ1n) is 12.9. The summed E-state index contributed by atoms with van der Waals surface area (Å²) in [5.41, 5.74) is 8.67. The Bertz CT molecular complexity index is 1430. The molecule has 5 N–H and O–H groups in total. The van der Waals surface area contributed by atoms with Gasteiger partial charge >= 0.3 is 0 Å². The fourth-order valence-corrected chi connectivity index (χ4v) is 5.86. The van der Waals surface area contributed by atoms with Crippen LogP contribution in [0.4, 0.5) is 17.1 Å². The Morgan fingerprint density at radius 1 is 0.947 bits per heavy atom. The summed E-state index contributed by atoms with van der Waals surface area (Å²) in [6.07, 6.45) is 5.68. The van der Waals surface area contributed by atoms with Gasteiger partial charge in [-0.05, 0) is 72.3 Å². The van der Waals surface area contributed by atoms with Crippen LogP contribution in [0, 0.1) is 0 Å². The second-order valence-electron chi connectivity index (χ2n) is 9.60. The predicted molar refractivity (Wildman–Crippen MR) is 155 cm³/mol. The number of nitrogens with two attached hydrogens (primary N) is 1. The maximum Gasteiger partial charge on any atom is 0.265 e. The van der Waals surface area contributed by atoms with E-state index in [4.69, 9.17) is 10.5 Å². The van der Waals surface area contributed by atoms with E-state index in [-0.39, 0.29) is 17.9 Å². The lowest BCUT2D eigenvalue weighted by Crippen LogP contribution is -2.40. The van der Waals surface area contributed by atoms with Crippen LogP contribution in [0.15, 0.2) is 72.8 Å².